The highest BCUT2D eigenvalue weighted by Crippen LogP contribution is 2.23. The fourth-order valence-electron chi connectivity index (χ4n) is 4.33. The Hall–Kier alpha value is -3.81. The van der Waals surface area contributed by atoms with Crippen molar-refractivity contribution in [2.75, 3.05) is 32.2 Å². The van der Waals surface area contributed by atoms with Gasteiger partial charge in [0.05, 0.1) is 29.8 Å². The van der Waals surface area contributed by atoms with E-state index in [-0.39, 0.29) is 18.6 Å². The number of fused-ring (bicyclic) bond motifs is 1. The first kappa shape index (κ1) is 24.3. The van der Waals surface area contributed by atoms with Crippen molar-refractivity contribution in [2.45, 2.75) is 38.3 Å². The van der Waals surface area contributed by atoms with Crippen LogP contribution in [0.3, 0.4) is 0 Å². The first-order valence-electron chi connectivity index (χ1n) is 11.6. The number of carbonyl (C=O) groups excluding carboxylic acids is 2. The Kier molecular flexibility index (Phi) is 7.70. The van der Waals surface area contributed by atoms with Gasteiger partial charge in [-0.2, -0.15) is 5.26 Å². The van der Waals surface area contributed by atoms with Crippen molar-refractivity contribution in [3.05, 3.63) is 53.2 Å². The maximum Gasteiger partial charge on any atom is 0.258 e. The summed E-state index contributed by atoms with van der Waals surface area (Å²) in [4.78, 5) is 36.8. The van der Waals surface area contributed by atoms with Crippen molar-refractivity contribution < 1.29 is 19.4 Å². The Bertz CT molecular complexity index is 1260. The van der Waals surface area contributed by atoms with E-state index in [0.717, 1.165) is 19.3 Å². The number of aliphatic hydroxyl groups excluding tert-OH is 1. The van der Waals surface area contributed by atoms with Crippen LogP contribution in [0, 0.1) is 11.3 Å². The number of hydrogen-bond donors (Lipinski definition) is 2. The van der Waals surface area contributed by atoms with E-state index in [1.54, 1.807) is 40.8 Å². The number of aromatic nitrogens is 3. The van der Waals surface area contributed by atoms with Crippen LogP contribution in [-0.2, 0) is 11.3 Å². The molecular weight excluding hydrogens is 448 g/mol. The third kappa shape index (κ3) is 5.31. The molecule has 0 aliphatic carbocycles. The van der Waals surface area contributed by atoms with Gasteiger partial charge in [0.15, 0.2) is 5.65 Å². The molecule has 1 aliphatic heterocycles. The highest BCUT2D eigenvalue weighted by molar-refractivity contribution is 6.04. The molecule has 10 nitrogen and oxygen atoms in total. The Balaban J connectivity index is 1.65. The van der Waals surface area contributed by atoms with Gasteiger partial charge in [-0.15, -0.1) is 0 Å². The van der Waals surface area contributed by atoms with Gasteiger partial charge >= 0.3 is 0 Å². The van der Waals surface area contributed by atoms with Gasteiger partial charge in [-0.3, -0.25) is 19.5 Å². The fourth-order valence-corrected chi connectivity index (χ4v) is 4.33. The summed E-state index contributed by atoms with van der Waals surface area (Å²) in [6, 6.07) is 9.92. The largest absolute Gasteiger partial charge is 0.394 e. The maximum atomic E-state index is 13.2. The van der Waals surface area contributed by atoms with Crippen molar-refractivity contribution >= 4 is 28.9 Å². The number of nitriles is 1. The molecule has 0 saturated carbocycles. The number of aryl methyl sites for hydroxylation is 1. The van der Waals surface area contributed by atoms with E-state index < -0.39 is 5.91 Å². The van der Waals surface area contributed by atoms with E-state index in [9.17, 15) is 14.7 Å². The molecule has 3 heterocycles. The van der Waals surface area contributed by atoms with Crippen LogP contribution in [0.4, 0.5) is 5.95 Å². The lowest BCUT2D eigenvalue weighted by Crippen LogP contribution is -2.45. The number of methoxy groups -OCH3 is 1. The molecule has 2 aromatic heterocycles. The van der Waals surface area contributed by atoms with Crippen molar-refractivity contribution in [2.24, 2.45) is 0 Å². The van der Waals surface area contributed by atoms with E-state index >= 15 is 0 Å². The van der Waals surface area contributed by atoms with Crippen LogP contribution in [-0.4, -0.2) is 69.3 Å². The number of anilines is 1. The maximum absolute atomic E-state index is 13.2. The molecule has 10 heteroatoms. The Morgan fingerprint density at radius 2 is 2.14 bits per heavy atom. The van der Waals surface area contributed by atoms with Crippen LogP contribution in [0.5, 0.6) is 0 Å². The Labute approximate surface area is 203 Å². The average Bonchev–Trinajstić information content (AvgIpc) is 3.24. The van der Waals surface area contributed by atoms with Gasteiger partial charge in [-0.1, -0.05) is 6.07 Å². The number of piperidine rings is 1. The van der Waals surface area contributed by atoms with Crippen LogP contribution in [0.25, 0.3) is 11.2 Å². The van der Waals surface area contributed by atoms with Gasteiger partial charge in [0.2, 0.25) is 5.95 Å². The van der Waals surface area contributed by atoms with Crippen molar-refractivity contribution in [3.63, 3.8) is 0 Å². The summed E-state index contributed by atoms with van der Waals surface area (Å²) < 4.78 is 6.95. The summed E-state index contributed by atoms with van der Waals surface area (Å²) >= 11 is 0. The van der Waals surface area contributed by atoms with Gasteiger partial charge in [0.1, 0.15) is 5.52 Å². The molecule has 2 N–H and O–H groups in total. The number of ether oxygens (including phenoxy) is 1. The minimum atomic E-state index is -0.402. The lowest BCUT2D eigenvalue weighted by Gasteiger charge is -2.34. The normalized spacial score (nSPS) is 15.7. The Morgan fingerprint density at radius 1 is 1.29 bits per heavy atom. The second-order valence-corrected chi connectivity index (χ2v) is 8.48. The van der Waals surface area contributed by atoms with Gasteiger partial charge in [-0.25, -0.2) is 9.97 Å². The number of pyridine rings is 1. The molecule has 1 aromatic carbocycles. The number of imidazole rings is 1. The standard InChI is InChI=1S/C25H28N6O4/c1-35-11-5-10-31-22-21(28-25(31)29-23(33)18-7-4-6-17(12-18)14-26)13-19(15-27-22)24(34)30-9-3-2-8-20(30)16-32/h4,6-7,12-13,15,20,32H,2-3,5,8-11,16H2,1H3,(H,28,29,33). The second kappa shape index (κ2) is 11.1. The number of nitrogens with one attached hydrogen (secondary N) is 1. The second-order valence-electron chi connectivity index (χ2n) is 8.48. The van der Waals surface area contributed by atoms with Crippen molar-refractivity contribution in [1.82, 2.24) is 19.4 Å². The zero-order valence-corrected chi connectivity index (χ0v) is 19.6. The molecule has 0 radical (unpaired) electrons. The number of hydrogen-bond acceptors (Lipinski definition) is 7. The smallest absolute Gasteiger partial charge is 0.258 e. The number of nitrogens with zero attached hydrogens (tertiary/aromatic N) is 5. The number of rotatable bonds is 8. The summed E-state index contributed by atoms with van der Waals surface area (Å²) in [6.45, 7) is 1.54. The highest BCUT2D eigenvalue weighted by Gasteiger charge is 2.28. The van der Waals surface area contributed by atoms with E-state index in [1.807, 2.05) is 6.07 Å². The van der Waals surface area contributed by atoms with Gasteiger partial charge in [-0.05, 0) is 49.9 Å². The summed E-state index contributed by atoms with van der Waals surface area (Å²) in [5.41, 5.74) is 2.13. The zero-order chi connectivity index (χ0) is 24.8. The van der Waals surface area contributed by atoms with Crippen LogP contribution in [0.1, 0.15) is 52.0 Å². The predicted molar refractivity (Wildman–Crippen MR) is 129 cm³/mol. The molecular formula is C25H28N6O4. The minimum absolute atomic E-state index is 0.0707. The van der Waals surface area contributed by atoms with Crippen molar-refractivity contribution in [3.8, 4) is 6.07 Å². The van der Waals surface area contributed by atoms with Crippen LogP contribution in [0.15, 0.2) is 36.5 Å². The third-order valence-electron chi connectivity index (χ3n) is 6.14. The zero-order valence-electron chi connectivity index (χ0n) is 19.6. The average molecular weight is 477 g/mol. The molecule has 0 bridgehead atoms. The fraction of sp³-hybridized carbons (Fsp3) is 0.400. The SMILES string of the molecule is COCCCn1c(NC(=O)c2cccc(C#N)c2)nc2cc(C(=O)N3CCCCC3CO)cnc21. The quantitative estimate of drug-likeness (QED) is 0.477. The highest BCUT2D eigenvalue weighted by atomic mass is 16.5. The molecule has 182 valence electrons. The number of amides is 2. The third-order valence-corrected chi connectivity index (χ3v) is 6.14. The summed E-state index contributed by atoms with van der Waals surface area (Å²) in [6.07, 6.45) is 4.84. The van der Waals surface area contributed by atoms with Crippen LogP contribution >= 0.6 is 0 Å². The molecule has 4 rings (SSSR count). The number of likely N-dealkylation sites (tertiary alicyclic amines) is 1. The molecule has 1 aliphatic rings. The summed E-state index contributed by atoms with van der Waals surface area (Å²) in [5.74, 6) is -0.293. The lowest BCUT2D eigenvalue weighted by atomic mass is 10.0. The van der Waals surface area contributed by atoms with E-state index in [0.29, 0.717) is 59.9 Å². The Morgan fingerprint density at radius 3 is 2.91 bits per heavy atom. The lowest BCUT2D eigenvalue weighted by molar-refractivity contribution is 0.0502. The number of aliphatic hydroxyl groups is 1. The molecule has 0 spiro atoms. The molecule has 3 aromatic rings. The molecule has 1 fully saturated rings. The van der Waals surface area contributed by atoms with Crippen LogP contribution < -0.4 is 5.32 Å². The molecule has 1 saturated heterocycles. The van der Waals surface area contributed by atoms with E-state index in [2.05, 4.69) is 15.3 Å². The van der Waals surface area contributed by atoms with Crippen LogP contribution in [0.2, 0.25) is 0 Å². The topological polar surface area (TPSA) is 133 Å². The first-order valence-corrected chi connectivity index (χ1v) is 11.6. The van der Waals surface area contributed by atoms with E-state index in [4.69, 9.17) is 10.00 Å². The molecule has 2 amide bonds. The molecule has 35 heavy (non-hydrogen) atoms. The molecule has 1 atom stereocenters. The van der Waals surface area contributed by atoms with E-state index in [1.165, 1.54) is 12.3 Å². The van der Waals surface area contributed by atoms with Gasteiger partial charge in [0, 0.05) is 38.6 Å². The van der Waals surface area contributed by atoms with Gasteiger partial charge < -0.3 is 14.7 Å². The minimum Gasteiger partial charge on any atom is -0.394 e. The predicted octanol–water partition coefficient (Wildman–Crippen LogP) is 2.58. The summed E-state index contributed by atoms with van der Waals surface area (Å²) in [7, 11) is 1.62. The monoisotopic (exact) mass is 476 g/mol. The molecule has 1 unspecified atom stereocenters. The summed E-state index contributed by atoms with van der Waals surface area (Å²) in [5, 5.41) is 21.6. The number of carbonyl (C=O) groups is 2. The van der Waals surface area contributed by atoms with Crippen molar-refractivity contribution in [1.29, 1.82) is 5.26 Å². The van der Waals surface area contributed by atoms with Gasteiger partial charge in [0.25, 0.3) is 11.8 Å². The first-order chi connectivity index (χ1) is 17.0. The number of benzene rings is 1.